The number of nitrogens with zero attached hydrogens (tertiary/aromatic N) is 4. The summed E-state index contributed by atoms with van der Waals surface area (Å²) in [6.45, 7) is 3.20. The van der Waals surface area contributed by atoms with Gasteiger partial charge in [0.25, 0.3) is 0 Å². The van der Waals surface area contributed by atoms with E-state index in [2.05, 4.69) is 20.2 Å². The highest BCUT2D eigenvalue weighted by Gasteiger charge is 2.15. The molecule has 1 fully saturated rings. The molecule has 2 aromatic heterocycles. The molecule has 2 aromatic carbocycles. The molecule has 0 spiro atoms. The second kappa shape index (κ2) is 6.71. The standard InChI is InChI=1S/C19H16FN5OS/c20-12-1-3-15-14(9-12)18(22-11-21-15)23-13-2-4-16-17(10-13)27-19(24-16)25-5-7-26-8-6-25/h1-4,9-11H,5-8H2,(H,21,22,23). The Morgan fingerprint density at radius 2 is 1.89 bits per heavy atom. The minimum absolute atomic E-state index is 0.312. The molecule has 8 heteroatoms. The third-order valence-corrected chi connectivity index (χ3v) is 5.60. The number of morpholine rings is 1. The van der Waals surface area contributed by atoms with Gasteiger partial charge in [-0.15, -0.1) is 0 Å². The van der Waals surface area contributed by atoms with E-state index in [1.54, 1.807) is 17.4 Å². The van der Waals surface area contributed by atoms with Crippen molar-refractivity contribution in [2.24, 2.45) is 0 Å². The fraction of sp³-hybridized carbons (Fsp3) is 0.211. The van der Waals surface area contributed by atoms with E-state index in [-0.39, 0.29) is 5.82 Å². The van der Waals surface area contributed by atoms with Gasteiger partial charge >= 0.3 is 0 Å². The van der Waals surface area contributed by atoms with E-state index >= 15 is 0 Å². The summed E-state index contributed by atoms with van der Waals surface area (Å²) >= 11 is 1.66. The number of aromatic nitrogens is 3. The Balaban J connectivity index is 1.48. The zero-order valence-electron chi connectivity index (χ0n) is 14.4. The zero-order chi connectivity index (χ0) is 18.2. The number of ether oxygens (including phenoxy) is 1. The van der Waals surface area contributed by atoms with E-state index in [4.69, 9.17) is 9.72 Å². The normalized spacial score (nSPS) is 14.8. The number of hydrogen-bond acceptors (Lipinski definition) is 7. The van der Waals surface area contributed by atoms with E-state index in [0.29, 0.717) is 16.7 Å². The lowest BCUT2D eigenvalue weighted by molar-refractivity contribution is 0.122. The molecule has 3 heterocycles. The zero-order valence-corrected chi connectivity index (χ0v) is 15.2. The minimum Gasteiger partial charge on any atom is -0.378 e. The maximum Gasteiger partial charge on any atom is 0.186 e. The molecule has 0 atom stereocenters. The number of benzene rings is 2. The molecule has 1 N–H and O–H groups in total. The second-order valence-corrected chi connectivity index (χ2v) is 7.30. The fourth-order valence-electron chi connectivity index (χ4n) is 3.15. The monoisotopic (exact) mass is 381 g/mol. The van der Waals surface area contributed by atoms with Gasteiger partial charge in [0.2, 0.25) is 0 Å². The van der Waals surface area contributed by atoms with Crippen LogP contribution in [0.25, 0.3) is 21.1 Å². The molecule has 1 aliphatic heterocycles. The van der Waals surface area contributed by atoms with Crippen molar-refractivity contribution in [3.8, 4) is 0 Å². The number of thiazole rings is 1. The third kappa shape index (κ3) is 3.17. The Labute approximate surface area is 158 Å². The molecule has 0 saturated carbocycles. The fourth-order valence-corrected chi connectivity index (χ4v) is 4.20. The van der Waals surface area contributed by atoms with Crippen molar-refractivity contribution in [2.45, 2.75) is 0 Å². The summed E-state index contributed by atoms with van der Waals surface area (Å²) in [6, 6.07) is 10.5. The van der Waals surface area contributed by atoms with Crippen LogP contribution in [0.3, 0.4) is 0 Å². The van der Waals surface area contributed by atoms with Gasteiger partial charge in [-0.05, 0) is 36.4 Å². The quantitative estimate of drug-likeness (QED) is 0.580. The van der Waals surface area contributed by atoms with Crippen LogP contribution in [0.2, 0.25) is 0 Å². The Kier molecular flexibility index (Phi) is 4.06. The average molecular weight is 381 g/mol. The molecule has 1 saturated heterocycles. The lowest BCUT2D eigenvalue weighted by Crippen LogP contribution is -2.36. The van der Waals surface area contributed by atoms with Crippen LogP contribution in [0.5, 0.6) is 0 Å². The van der Waals surface area contributed by atoms with Gasteiger partial charge in [-0.2, -0.15) is 0 Å². The van der Waals surface area contributed by atoms with Crippen LogP contribution in [0.1, 0.15) is 0 Å². The largest absolute Gasteiger partial charge is 0.378 e. The van der Waals surface area contributed by atoms with Crippen LogP contribution < -0.4 is 10.2 Å². The lowest BCUT2D eigenvalue weighted by atomic mass is 10.2. The van der Waals surface area contributed by atoms with Crippen molar-refractivity contribution in [1.29, 1.82) is 0 Å². The summed E-state index contributed by atoms with van der Waals surface area (Å²) in [6.07, 6.45) is 1.48. The number of anilines is 3. The van der Waals surface area contributed by atoms with Crippen molar-refractivity contribution in [3.63, 3.8) is 0 Å². The average Bonchev–Trinajstić information content (AvgIpc) is 3.13. The van der Waals surface area contributed by atoms with Gasteiger partial charge in [0, 0.05) is 24.2 Å². The Bertz CT molecular complexity index is 1130. The number of fused-ring (bicyclic) bond motifs is 2. The van der Waals surface area contributed by atoms with Gasteiger partial charge in [0.1, 0.15) is 18.0 Å². The van der Waals surface area contributed by atoms with E-state index in [1.807, 2.05) is 18.2 Å². The minimum atomic E-state index is -0.312. The Hall–Kier alpha value is -2.84. The number of nitrogens with one attached hydrogen (secondary N) is 1. The van der Waals surface area contributed by atoms with Crippen LogP contribution >= 0.6 is 11.3 Å². The summed E-state index contributed by atoms with van der Waals surface area (Å²) in [7, 11) is 0. The maximum absolute atomic E-state index is 13.6. The molecular weight excluding hydrogens is 365 g/mol. The Morgan fingerprint density at radius 1 is 1.04 bits per heavy atom. The van der Waals surface area contributed by atoms with E-state index < -0.39 is 0 Å². The van der Waals surface area contributed by atoms with Crippen LogP contribution in [-0.4, -0.2) is 41.3 Å². The number of halogens is 1. The first kappa shape index (κ1) is 16.3. The molecule has 6 nitrogen and oxygen atoms in total. The summed E-state index contributed by atoms with van der Waals surface area (Å²) in [4.78, 5) is 15.5. The van der Waals surface area contributed by atoms with Gasteiger partial charge in [-0.25, -0.2) is 19.3 Å². The predicted octanol–water partition coefficient (Wildman–Crippen LogP) is 3.96. The summed E-state index contributed by atoms with van der Waals surface area (Å²) in [5, 5.41) is 4.95. The van der Waals surface area contributed by atoms with E-state index in [1.165, 1.54) is 18.5 Å². The highest BCUT2D eigenvalue weighted by molar-refractivity contribution is 7.22. The number of hydrogen-bond donors (Lipinski definition) is 1. The molecule has 27 heavy (non-hydrogen) atoms. The van der Waals surface area contributed by atoms with Crippen molar-refractivity contribution in [2.75, 3.05) is 36.5 Å². The summed E-state index contributed by atoms with van der Waals surface area (Å²) in [5.74, 6) is 0.269. The van der Waals surface area contributed by atoms with Gasteiger partial charge < -0.3 is 15.0 Å². The van der Waals surface area contributed by atoms with Crippen LogP contribution in [0.15, 0.2) is 42.7 Å². The lowest BCUT2D eigenvalue weighted by Gasteiger charge is -2.25. The third-order valence-electron chi connectivity index (χ3n) is 4.52. The number of rotatable bonds is 3. The highest BCUT2D eigenvalue weighted by Crippen LogP contribution is 2.32. The van der Waals surface area contributed by atoms with Crippen LogP contribution in [-0.2, 0) is 4.74 Å². The molecule has 0 amide bonds. The molecule has 0 aliphatic carbocycles. The van der Waals surface area contributed by atoms with Gasteiger partial charge in [-0.3, -0.25) is 0 Å². The molecule has 5 rings (SSSR count). The van der Waals surface area contributed by atoms with Gasteiger partial charge in [0.05, 0.1) is 28.9 Å². The smallest absolute Gasteiger partial charge is 0.186 e. The van der Waals surface area contributed by atoms with Crippen molar-refractivity contribution in [1.82, 2.24) is 15.0 Å². The molecule has 0 bridgehead atoms. The highest BCUT2D eigenvalue weighted by atomic mass is 32.1. The van der Waals surface area contributed by atoms with Crippen molar-refractivity contribution < 1.29 is 9.13 Å². The van der Waals surface area contributed by atoms with Gasteiger partial charge in [0.15, 0.2) is 5.13 Å². The summed E-state index contributed by atoms with van der Waals surface area (Å²) in [5.41, 5.74) is 2.54. The molecular formula is C19H16FN5OS. The Morgan fingerprint density at radius 3 is 2.78 bits per heavy atom. The molecule has 136 valence electrons. The van der Waals surface area contributed by atoms with Crippen LogP contribution in [0, 0.1) is 5.82 Å². The van der Waals surface area contributed by atoms with E-state index in [0.717, 1.165) is 47.3 Å². The van der Waals surface area contributed by atoms with Crippen molar-refractivity contribution in [3.05, 3.63) is 48.5 Å². The molecule has 0 radical (unpaired) electrons. The maximum atomic E-state index is 13.6. The molecule has 4 aromatic rings. The van der Waals surface area contributed by atoms with Crippen LogP contribution in [0.4, 0.5) is 21.0 Å². The molecule has 0 unspecified atom stereocenters. The van der Waals surface area contributed by atoms with Gasteiger partial charge in [-0.1, -0.05) is 11.3 Å². The predicted molar refractivity (Wildman–Crippen MR) is 105 cm³/mol. The first-order chi connectivity index (χ1) is 13.3. The molecule has 1 aliphatic rings. The summed E-state index contributed by atoms with van der Waals surface area (Å²) < 4.78 is 20.1. The SMILES string of the molecule is Fc1ccc2ncnc(Nc3ccc4nc(N5CCOCC5)sc4c3)c2c1. The first-order valence-electron chi connectivity index (χ1n) is 8.67. The first-order valence-corrected chi connectivity index (χ1v) is 9.48. The van der Waals surface area contributed by atoms with E-state index in [9.17, 15) is 4.39 Å². The van der Waals surface area contributed by atoms with Crippen molar-refractivity contribution >= 4 is 49.1 Å². The second-order valence-electron chi connectivity index (χ2n) is 6.29. The topological polar surface area (TPSA) is 63.2 Å².